The fraction of sp³-hybridized carbons (Fsp3) is 0.360. The predicted octanol–water partition coefficient (Wildman–Crippen LogP) is 4.66. The number of ether oxygens (including phenoxy) is 1. The fourth-order valence-electron chi connectivity index (χ4n) is 3.35. The van der Waals surface area contributed by atoms with E-state index in [0.717, 1.165) is 16.9 Å². The van der Waals surface area contributed by atoms with Crippen LogP contribution in [0.25, 0.3) is 0 Å². The van der Waals surface area contributed by atoms with Gasteiger partial charge in [-0.3, -0.25) is 9.69 Å². The van der Waals surface area contributed by atoms with Crippen LogP contribution in [-0.2, 0) is 19.6 Å². The van der Waals surface area contributed by atoms with Crippen LogP contribution in [0.15, 0.2) is 65.3 Å². The van der Waals surface area contributed by atoms with E-state index in [1.807, 2.05) is 48.5 Å². The van der Waals surface area contributed by atoms with E-state index in [9.17, 15) is 4.79 Å². The maximum Gasteiger partial charge on any atom is 0.273 e. The van der Waals surface area contributed by atoms with Crippen molar-refractivity contribution in [2.75, 3.05) is 7.11 Å². The van der Waals surface area contributed by atoms with Crippen molar-refractivity contribution in [2.24, 2.45) is 5.92 Å². The minimum atomic E-state index is -0.243. The summed E-state index contributed by atoms with van der Waals surface area (Å²) in [5.41, 5.74) is 2.43. The third-order valence-corrected chi connectivity index (χ3v) is 5.53. The first-order valence-electron chi connectivity index (χ1n) is 10.6. The van der Waals surface area contributed by atoms with Gasteiger partial charge in [-0.2, -0.15) is 0 Å². The summed E-state index contributed by atoms with van der Waals surface area (Å²) < 4.78 is 11.2. The lowest BCUT2D eigenvalue weighted by atomic mass is 10.0. The Labute approximate surface area is 184 Å². The highest BCUT2D eigenvalue weighted by molar-refractivity contribution is 5.91. The molecule has 1 amide bonds. The van der Waals surface area contributed by atoms with Crippen molar-refractivity contribution in [2.45, 2.75) is 46.4 Å². The van der Waals surface area contributed by atoms with Crippen LogP contribution in [0.3, 0.4) is 0 Å². The Bertz CT molecular complexity index is 969. The molecule has 6 nitrogen and oxygen atoms in total. The molecule has 31 heavy (non-hydrogen) atoms. The third-order valence-electron chi connectivity index (χ3n) is 5.53. The minimum absolute atomic E-state index is 0.243. The molecule has 3 rings (SSSR count). The van der Waals surface area contributed by atoms with Crippen molar-refractivity contribution in [1.82, 2.24) is 15.2 Å². The average Bonchev–Trinajstić information content (AvgIpc) is 3.26. The van der Waals surface area contributed by atoms with Gasteiger partial charge in [-0.1, -0.05) is 62.4 Å². The van der Waals surface area contributed by atoms with E-state index in [2.05, 4.69) is 42.0 Å². The van der Waals surface area contributed by atoms with Gasteiger partial charge in [0.2, 0.25) is 5.89 Å². The molecule has 0 saturated heterocycles. The third kappa shape index (κ3) is 6.18. The number of amides is 1. The van der Waals surface area contributed by atoms with Gasteiger partial charge in [0, 0.05) is 24.7 Å². The zero-order chi connectivity index (χ0) is 22.2. The lowest BCUT2D eigenvalue weighted by molar-refractivity contribution is 0.0945. The van der Waals surface area contributed by atoms with Crippen molar-refractivity contribution in [3.8, 4) is 5.75 Å². The van der Waals surface area contributed by atoms with Crippen molar-refractivity contribution in [3.63, 3.8) is 0 Å². The molecule has 0 aliphatic heterocycles. The van der Waals surface area contributed by atoms with Gasteiger partial charge in [-0.15, -0.1) is 0 Å². The van der Waals surface area contributed by atoms with Crippen LogP contribution in [0.1, 0.15) is 48.3 Å². The summed E-state index contributed by atoms with van der Waals surface area (Å²) in [6.07, 6.45) is 1.43. The Morgan fingerprint density at radius 2 is 1.77 bits per heavy atom. The number of hydrogen-bond donors (Lipinski definition) is 1. The van der Waals surface area contributed by atoms with Crippen molar-refractivity contribution >= 4 is 5.91 Å². The summed E-state index contributed by atoms with van der Waals surface area (Å²) in [5, 5.41) is 2.89. The molecule has 0 fully saturated rings. The zero-order valence-corrected chi connectivity index (χ0v) is 18.7. The Kier molecular flexibility index (Phi) is 7.84. The lowest BCUT2D eigenvalue weighted by Crippen LogP contribution is -2.36. The highest BCUT2D eigenvalue weighted by atomic mass is 16.5. The van der Waals surface area contributed by atoms with E-state index in [1.54, 1.807) is 7.11 Å². The van der Waals surface area contributed by atoms with Crippen molar-refractivity contribution in [3.05, 3.63) is 83.6 Å². The maximum atomic E-state index is 12.5. The second kappa shape index (κ2) is 10.8. The molecule has 0 radical (unpaired) electrons. The maximum absolute atomic E-state index is 12.5. The summed E-state index contributed by atoms with van der Waals surface area (Å²) in [6.45, 7) is 8.23. The Hall–Kier alpha value is -3.12. The summed E-state index contributed by atoms with van der Waals surface area (Å²) >= 11 is 0. The molecule has 1 atom stereocenters. The Morgan fingerprint density at radius 1 is 1.06 bits per heavy atom. The van der Waals surface area contributed by atoms with Gasteiger partial charge in [-0.05, 0) is 24.5 Å². The first kappa shape index (κ1) is 22.6. The van der Waals surface area contributed by atoms with Gasteiger partial charge in [0.25, 0.3) is 5.91 Å². The van der Waals surface area contributed by atoms with Crippen LogP contribution in [0.4, 0.5) is 0 Å². The molecule has 0 aliphatic carbocycles. The van der Waals surface area contributed by atoms with Crippen molar-refractivity contribution < 1.29 is 13.9 Å². The van der Waals surface area contributed by atoms with Gasteiger partial charge in [0.05, 0.1) is 13.7 Å². The van der Waals surface area contributed by atoms with Gasteiger partial charge < -0.3 is 14.5 Å². The van der Waals surface area contributed by atoms with Crippen LogP contribution < -0.4 is 10.1 Å². The van der Waals surface area contributed by atoms with Crippen LogP contribution in [0, 0.1) is 5.92 Å². The van der Waals surface area contributed by atoms with Gasteiger partial charge in [-0.25, -0.2) is 4.98 Å². The zero-order valence-electron chi connectivity index (χ0n) is 18.7. The minimum Gasteiger partial charge on any atom is -0.496 e. The summed E-state index contributed by atoms with van der Waals surface area (Å²) in [5.74, 6) is 1.58. The topological polar surface area (TPSA) is 67.6 Å². The quantitative estimate of drug-likeness (QED) is 0.516. The number of carbonyl (C=O) groups excluding carboxylic acids is 1. The highest BCUT2D eigenvalue weighted by Crippen LogP contribution is 2.23. The largest absolute Gasteiger partial charge is 0.496 e. The molecule has 164 valence electrons. The number of benzene rings is 2. The molecular weight excluding hydrogens is 390 g/mol. The molecule has 2 aromatic carbocycles. The molecule has 3 aromatic rings. The SMILES string of the molecule is COc1ccccc1CN(Cc1nc(C(=O)NCc2ccccc2)co1)C(C)C(C)C. The second-order valence-corrected chi connectivity index (χ2v) is 8.00. The second-order valence-electron chi connectivity index (χ2n) is 8.00. The fourth-order valence-corrected chi connectivity index (χ4v) is 3.35. The average molecular weight is 422 g/mol. The number of rotatable bonds is 10. The monoisotopic (exact) mass is 421 g/mol. The Morgan fingerprint density at radius 3 is 2.48 bits per heavy atom. The number of nitrogens with zero attached hydrogens (tertiary/aromatic N) is 2. The molecule has 1 aromatic heterocycles. The van der Waals surface area contributed by atoms with Crippen LogP contribution >= 0.6 is 0 Å². The molecule has 1 heterocycles. The van der Waals surface area contributed by atoms with E-state index in [1.165, 1.54) is 6.26 Å². The summed E-state index contributed by atoms with van der Waals surface area (Å²) in [6, 6.07) is 18.1. The van der Waals surface area contributed by atoms with E-state index in [4.69, 9.17) is 9.15 Å². The van der Waals surface area contributed by atoms with Crippen molar-refractivity contribution in [1.29, 1.82) is 0 Å². The first-order valence-corrected chi connectivity index (χ1v) is 10.6. The predicted molar refractivity (Wildman–Crippen MR) is 121 cm³/mol. The number of carbonyl (C=O) groups is 1. The van der Waals surface area contributed by atoms with E-state index in [-0.39, 0.29) is 11.9 Å². The number of methoxy groups -OCH3 is 1. The van der Waals surface area contributed by atoms with Gasteiger partial charge in [0.15, 0.2) is 5.69 Å². The number of para-hydroxylation sites is 1. The molecule has 0 aliphatic rings. The number of oxazole rings is 1. The van der Waals surface area contributed by atoms with E-state index in [0.29, 0.717) is 37.1 Å². The Balaban J connectivity index is 1.68. The lowest BCUT2D eigenvalue weighted by Gasteiger charge is -2.31. The molecule has 0 bridgehead atoms. The van der Waals surface area contributed by atoms with Crippen LogP contribution in [-0.4, -0.2) is 28.9 Å². The molecule has 0 spiro atoms. The first-order chi connectivity index (χ1) is 15.0. The standard InChI is InChI=1S/C25H31N3O3/c1-18(2)19(3)28(15-21-12-8-9-13-23(21)30-4)16-24-27-22(17-31-24)25(29)26-14-20-10-6-5-7-11-20/h5-13,17-19H,14-16H2,1-4H3,(H,26,29). The smallest absolute Gasteiger partial charge is 0.273 e. The van der Waals surface area contributed by atoms with Gasteiger partial charge >= 0.3 is 0 Å². The van der Waals surface area contributed by atoms with E-state index >= 15 is 0 Å². The molecule has 0 saturated carbocycles. The van der Waals surface area contributed by atoms with E-state index < -0.39 is 0 Å². The summed E-state index contributed by atoms with van der Waals surface area (Å²) in [4.78, 5) is 19.2. The van der Waals surface area contributed by atoms with Crippen LogP contribution in [0.2, 0.25) is 0 Å². The summed E-state index contributed by atoms with van der Waals surface area (Å²) in [7, 11) is 1.68. The number of hydrogen-bond acceptors (Lipinski definition) is 5. The molecule has 1 N–H and O–H groups in total. The van der Waals surface area contributed by atoms with Crippen LogP contribution in [0.5, 0.6) is 5.75 Å². The van der Waals surface area contributed by atoms with Gasteiger partial charge in [0.1, 0.15) is 12.0 Å². The normalized spacial score (nSPS) is 12.2. The highest BCUT2D eigenvalue weighted by Gasteiger charge is 2.22. The number of aromatic nitrogens is 1. The molecule has 1 unspecified atom stereocenters. The molecular formula is C25H31N3O3. The number of nitrogens with one attached hydrogen (secondary N) is 1. The molecule has 6 heteroatoms.